The van der Waals surface area contributed by atoms with E-state index in [9.17, 15) is 0 Å². The van der Waals surface area contributed by atoms with Gasteiger partial charge < -0.3 is 15.4 Å². The minimum Gasteiger partial charge on any atom is -0.492 e. The van der Waals surface area contributed by atoms with Gasteiger partial charge >= 0.3 is 0 Å². The number of hydrogen-bond donors (Lipinski definition) is 3. The van der Waals surface area contributed by atoms with Gasteiger partial charge in [-0.2, -0.15) is 5.10 Å². The maximum Gasteiger partial charge on any atom is 0.191 e. The van der Waals surface area contributed by atoms with E-state index in [2.05, 4.69) is 51.8 Å². The van der Waals surface area contributed by atoms with E-state index in [1.54, 1.807) is 0 Å². The van der Waals surface area contributed by atoms with Crippen molar-refractivity contribution in [1.82, 2.24) is 20.8 Å². The Hall–Kier alpha value is -2.50. The van der Waals surface area contributed by atoms with Crippen LogP contribution in [-0.4, -0.2) is 42.4 Å². The highest BCUT2D eigenvalue weighted by Gasteiger charge is 2.01. The Kier molecular flexibility index (Phi) is 7.82. The van der Waals surface area contributed by atoms with Crippen molar-refractivity contribution in [1.29, 1.82) is 0 Å². The molecule has 2 aromatic rings. The quantitative estimate of drug-likeness (QED) is 0.372. The Morgan fingerprint density at radius 2 is 2.00 bits per heavy atom. The molecule has 136 valence electrons. The van der Waals surface area contributed by atoms with Gasteiger partial charge in [0.1, 0.15) is 12.4 Å². The largest absolute Gasteiger partial charge is 0.492 e. The van der Waals surface area contributed by atoms with Crippen LogP contribution in [0.25, 0.3) is 0 Å². The molecule has 0 bridgehead atoms. The fraction of sp³-hybridized carbons (Fsp3) is 0.474. The van der Waals surface area contributed by atoms with Crippen molar-refractivity contribution < 1.29 is 4.74 Å². The Bertz CT molecular complexity index is 648. The fourth-order valence-electron chi connectivity index (χ4n) is 2.40. The Labute approximate surface area is 150 Å². The molecule has 0 amide bonds. The average Bonchev–Trinajstić information content (AvgIpc) is 3.02. The molecule has 0 atom stereocenters. The lowest BCUT2D eigenvalue weighted by Crippen LogP contribution is -2.39. The van der Waals surface area contributed by atoms with E-state index < -0.39 is 0 Å². The summed E-state index contributed by atoms with van der Waals surface area (Å²) in [4.78, 5) is 4.61. The smallest absolute Gasteiger partial charge is 0.191 e. The van der Waals surface area contributed by atoms with Gasteiger partial charge in [-0.3, -0.25) is 10.1 Å². The minimum absolute atomic E-state index is 0.599. The summed E-state index contributed by atoms with van der Waals surface area (Å²) in [6.45, 7) is 9.10. The second-order valence-electron chi connectivity index (χ2n) is 5.97. The molecule has 0 aliphatic rings. The highest BCUT2D eigenvalue weighted by atomic mass is 16.5. The molecule has 6 heteroatoms. The zero-order chi connectivity index (χ0) is 17.9. The summed E-state index contributed by atoms with van der Waals surface area (Å²) < 4.78 is 5.72. The zero-order valence-corrected chi connectivity index (χ0v) is 15.4. The van der Waals surface area contributed by atoms with E-state index in [0.717, 1.165) is 43.3 Å². The van der Waals surface area contributed by atoms with Crippen molar-refractivity contribution in [3.63, 3.8) is 0 Å². The van der Waals surface area contributed by atoms with Crippen molar-refractivity contribution in [2.75, 3.05) is 26.2 Å². The van der Waals surface area contributed by atoms with Crippen LogP contribution in [0.15, 0.2) is 35.5 Å². The molecule has 0 radical (unpaired) electrons. The number of nitrogens with zero attached hydrogens (tertiary/aromatic N) is 2. The molecule has 1 heterocycles. The van der Waals surface area contributed by atoms with Gasteiger partial charge in [-0.25, -0.2) is 0 Å². The normalized spacial score (nSPS) is 11.4. The third-order valence-corrected chi connectivity index (χ3v) is 3.84. The van der Waals surface area contributed by atoms with Gasteiger partial charge in [-0.1, -0.05) is 17.7 Å². The lowest BCUT2D eigenvalue weighted by molar-refractivity contribution is 0.322. The topological polar surface area (TPSA) is 74.3 Å². The van der Waals surface area contributed by atoms with E-state index in [-0.39, 0.29) is 0 Å². The summed E-state index contributed by atoms with van der Waals surface area (Å²) in [5.74, 6) is 1.73. The molecule has 2 rings (SSSR count). The highest BCUT2D eigenvalue weighted by Crippen LogP contribution is 2.10. The van der Waals surface area contributed by atoms with Crippen LogP contribution in [0.2, 0.25) is 0 Å². The lowest BCUT2D eigenvalue weighted by atomic mass is 10.1. The number of benzene rings is 1. The molecule has 0 unspecified atom stereocenters. The number of aromatic nitrogens is 2. The molecule has 0 aliphatic carbocycles. The third-order valence-electron chi connectivity index (χ3n) is 3.84. The molecule has 6 nitrogen and oxygen atoms in total. The molecule has 1 aromatic carbocycles. The zero-order valence-electron chi connectivity index (χ0n) is 15.4. The molecule has 3 N–H and O–H groups in total. The number of hydrogen-bond acceptors (Lipinski definition) is 3. The molecule has 1 aromatic heterocycles. The number of aliphatic imine (C=N–C) groups is 1. The Morgan fingerprint density at radius 3 is 2.68 bits per heavy atom. The van der Waals surface area contributed by atoms with E-state index in [1.807, 2.05) is 25.3 Å². The number of H-pyrrole nitrogens is 1. The molecule has 0 saturated heterocycles. The average molecular weight is 343 g/mol. The molecule has 0 fully saturated rings. The van der Waals surface area contributed by atoms with Crippen LogP contribution in [0.4, 0.5) is 0 Å². The standard InChI is InChI=1S/C19H29N5O/c1-4-20-19(21-11-5-6-17-14-23-24-16(17)3)22-12-13-25-18-9-7-15(2)8-10-18/h7-10,14H,4-6,11-13H2,1-3H3,(H,23,24)(H2,20,21,22). The van der Waals surface area contributed by atoms with Gasteiger partial charge in [0.25, 0.3) is 0 Å². The van der Waals surface area contributed by atoms with Gasteiger partial charge in [-0.05, 0) is 51.3 Å². The van der Waals surface area contributed by atoms with Gasteiger partial charge in [0.2, 0.25) is 0 Å². The van der Waals surface area contributed by atoms with Gasteiger partial charge in [0.15, 0.2) is 5.96 Å². The highest BCUT2D eigenvalue weighted by molar-refractivity contribution is 5.79. The second-order valence-corrected chi connectivity index (χ2v) is 5.97. The maximum absolute atomic E-state index is 5.72. The maximum atomic E-state index is 5.72. The first-order chi connectivity index (χ1) is 12.2. The van der Waals surface area contributed by atoms with Crippen LogP contribution < -0.4 is 15.4 Å². The predicted octanol–water partition coefficient (Wildman–Crippen LogP) is 2.59. The number of nitrogens with one attached hydrogen (secondary N) is 3. The first-order valence-corrected chi connectivity index (χ1v) is 8.89. The molecule has 0 saturated carbocycles. The minimum atomic E-state index is 0.599. The van der Waals surface area contributed by atoms with Crippen LogP contribution >= 0.6 is 0 Å². The summed E-state index contributed by atoms with van der Waals surface area (Å²) >= 11 is 0. The third kappa shape index (κ3) is 6.87. The number of aromatic amines is 1. The molecule has 25 heavy (non-hydrogen) atoms. The first-order valence-electron chi connectivity index (χ1n) is 8.89. The van der Waals surface area contributed by atoms with Crippen molar-refractivity contribution in [3.8, 4) is 5.75 Å². The summed E-state index contributed by atoms with van der Waals surface area (Å²) in [6, 6.07) is 8.09. The number of guanidine groups is 1. The van der Waals surface area contributed by atoms with Crippen LogP contribution in [0.5, 0.6) is 5.75 Å². The Morgan fingerprint density at radius 1 is 1.20 bits per heavy atom. The van der Waals surface area contributed by atoms with Gasteiger partial charge in [-0.15, -0.1) is 0 Å². The summed E-state index contributed by atoms with van der Waals surface area (Å²) in [6.07, 6.45) is 3.88. The van der Waals surface area contributed by atoms with E-state index in [1.165, 1.54) is 11.1 Å². The summed E-state index contributed by atoms with van der Waals surface area (Å²) in [5.41, 5.74) is 3.64. The summed E-state index contributed by atoms with van der Waals surface area (Å²) in [5, 5.41) is 13.6. The SMILES string of the molecule is CCNC(=NCCCc1cn[nH]c1C)NCCOc1ccc(C)cc1. The van der Waals surface area contributed by atoms with Crippen molar-refractivity contribution in [2.45, 2.75) is 33.6 Å². The molecule has 0 spiro atoms. The van der Waals surface area contributed by atoms with E-state index in [0.29, 0.717) is 13.2 Å². The number of aryl methyl sites for hydroxylation is 3. The predicted molar refractivity (Wildman–Crippen MR) is 102 cm³/mol. The van der Waals surface area contributed by atoms with Crippen molar-refractivity contribution >= 4 is 5.96 Å². The van der Waals surface area contributed by atoms with E-state index in [4.69, 9.17) is 4.74 Å². The first kappa shape index (κ1) is 18.8. The van der Waals surface area contributed by atoms with Crippen molar-refractivity contribution in [3.05, 3.63) is 47.3 Å². The second kappa shape index (κ2) is 10.4. The van der Waals surface area contributed by atoms with Crippen LogP contribution in [-0.2, 0) is 6.42 Å². The van der Waals surface area contributed by atoms with Crippen molar-refractivity contribution in [2.24, 2.45) is 4.99 Å². The monoisotopic (exact) mass is 343 g/mol. The van der Waals surface area contributed by atoms with Crippen LogP contribution in [0.3, 0.4) is 0 Å². The summed E-state index contributed by atoms with van der Waals surface area (Å²) in [7, 11) is 0. The number of rotatable bonds is 9. The van der Waals surface area contributed by atoms with Crippen LogP contribution in [0, 0.1) is 13.8 Å². The van der Waals surface area contributed by atoms with E-state index >= 15 is 0 Å². The number of ether oxygens (including phenoxy) is 1. The fourth-order valence-corrected chi connectivity index (χ4v) is 2.40. The lowest BCUT2D eigenvalue weighted by Gasteiger charge is -2.12. The van der Waals surface area contributed by atoms with Gasteiger partial charge in [0.05, 0.1) is 12.7 Å². The van der Waals surface area contributed by atoms with Crippen LogP contribution in [0.1, 0.15) is 30.2 Å². The molecular formula is C19H29N5O. The Balaban J connectivity index is 1.68. The molecular weight excluding hydrogens is 314 g/mol. The molecule has 0 aliphatic heterocycles. The van der Waals surface area contributed by atoms with Gasteiger partial charge in [0, 0.05) is 18.8 Å².